The Morgan fingerprint density at radius 1 is 1.33 bits per heavy atom. The van der Waals surface area contributed by atoms with Crippen molar-refractivity contribution in [3.63, 3.8) is 0 Å². The number of methoxy groups -OCH3 is 1. The van der Waals surface area contributed by atoms with E-state index in [9.17, 15) is 4.79 Å². The molecule has 4 heteroatoms. The average molecular weight is 251 g/mol. The number of nitrogens with two attached hydrogens (primary N) is 1. The Morgan fingerprint density at radius 2 is 1.94 bits per heavy atom. The van der Waals surface area contributed by atoms with Gasteiger partial charge in [0.2, 0.25) is 0 Å². The van der Waals surface area contributed by atoms with E-state index in [0.717, 1.165) is 11.1 Å². The summed E-state index contributed by atoms with van der Waals surface area (Å²) >= 11 is 0. The average Bonchev–Trinajstić information content (AvgIpc) is 2.35. The highest BCUT2D eigenvalue weighted by atomic mass is 16.5. The Labute approximate surface area is 108 Å². The van der Waals surface area contributed by atoms with Gasteiger partial charge in [-0.15, -0.1) is 0 Å². The van der Waals surface area contributed by atoms with Crippen LogP contribution in [0, 0.1) is 5.92 Å². The third kappa shape index (κ3) is 3.01. The number of ether oxygens (including phenoxy) is 1. The number of hydrogen-bond acceptors (Lipinski definition) is 3. The molecule has 0 amide bonds. The van der Waals surface area contributed by atoms with Gasteiger partial charge in [0.1, 0.15) is 5.75 Å². The molecule has 0 radical (unpaired) electrons. The van der Waals surface area contributed by atoms with Crippen LogP contribution in [0.25, 0.3) is 0 Å². The number of carbonyl (C=O) groups is 1. The molecule has 0 aliphatic heterocycles. The minimum Gasteiger partial charge on any atom is -0.496 e. The lowest BCUT2D eigenvalue weighted by molar-refractivity contribution is -0.141. The predicted molar refractivity (Wildman–Crippen MR) is 70.8 cm³/mol. The molecule has 0 saturated heterocycles. The summed E-state index contributed by atoms with van der Waals surface area (Å²) in [7, 11) is 1.56. The molecule has 3 N–H and O–H groups in total. The summed E-state index contributed by atoms with van der Waals surface area (Å²) in [5, 5.41) is 9.03. The Hall–Kier alpha value is -1.55. The van der Waals surface area contributed by atoms with Crippen molar-refractivity contribution < 1.29 is 14.6 Å². The van der Waals surface area contributed by atoms with Crippen LogP contribution < -0.4 is 10.5 Å². The van der Waals surface area contributed by atoms with Crippen LogP contribution in [-0.2, 0) is 4.79 Å². The molecule has 0 aliphatic carbocycles. The van der Waals surface area contributed by atoms with Gasteiger partial charge in [0, 0.05) is 11.6 Å². The summed E-state index contributed by atoms with van der Waals surface area (Å²) in [5.41, 5.74) is 7.90. The molecule has 0 spiro atoms. The van der Waals surface area contributed by atoms with Gasteiger partial charge in [-0.2, -0.15) is 0 Å². The van der Waals surface area contributed by atoms with Crippen molar-refractivity contribution in [2.45, 2.75) is 32.7 Å². The third-order valence-corrected chi connectivity index (χ3v) is 3.21. The second kappa shape index (κ2) is 5.87. The molecule has 2 atom stereocenters. The highest BCUT2D eigenvalue weighted by molar-refractivity contribution is 5.71. The number of carboxylic acid groups (broad SMARTS) is 1. The monoisotopic (exact) mass is 251 g/mol. The second-order valence-electron chi connectivity index (χ2n) is 4.81. The van der Waals surface area contributed by atoms with Gasteiger partial charge in [0.15, 0.2) is 0 Å². The zero-order valence-electron chi connectivity index (χ0n) is 11.3. The molecule has 18 heavy (non-hydrogen) atoms. The van der Waals surface area contributed by atoms with Crippen LogP contribution in [-0.4, -0.2) is 18.2 Å². The zero-order valence-corrected chi connectivity index (χ0v) is 11.3. The first-order chi connectivity index (χ1) is 8.38. The molecule has 1 aromatic rings. The molecule has 1 aromatic carbocycles. The van der Waals surface area contributed by atoms with Crippen LogP contribution in [0.1, 0.15) is 43.9 Å². The van der Waals surface area contributed by atoms with Crippen LogP contribution >= 0.6 is 0 Å². The SMILES string of the molecule is COc1ccc(C(C)C)cc1C(N)C(C)C(=O)O. The summed E-state index contributed by atoms with van der Waals surface area (Å²) in [6.45, 7) is 5.77. The predicted octanol–water partition coefficient (Wildman–Crippen LogP) is 2.54. The van der Waals surface area contributed by atoms with Crippen LogP contribution in [0.15, 0.2) is 18.2 Å². The van der Waals surface area contributed by atoms with Gasteiger partial charge in [-0.1, -0.05) is 32.9 Å². The molecule has 0 heterocycles. The van der Waals surface area contributed by atoms with Crippen molar-refractivity contribution in [1.29, 1.82) is 0 Å². The lowest BCUT2D eigenvalue weighted by Gasteiger charge is -2.20. The van der Waals surface area contributed by atoms with Gasteiger partial charge in [0.05, 0.1) is 13.0 Å². The van der Waals surface area contributed by atoms with Gasteiger partial charge < -0.3 is 15.6 Å². The van der Waals surface area contributed by atoms with E-state index in [1.54, 1.807) is 14.0 Å². The topological polar surface area (TPSA) is 72.5 Å². The first kappa shape index (κ1) is 14.5. The van der Waals surface area contributed by atoms with E-state index in [0.29, 0.717) is 11.7 Å². The van der Waals surface area contributed by atoms with Crippen molar-refractivity contribution in [2.24, 2.45) is 11.7 Å². The van der Waals surface area contributed by atoms with Crippen LogP contribution in [0.5, 0.6) is 5.75 Å². The fourth-order valence-electron chi connectivity index (χ4n) is 1.80. The highest BCUT2D eigenvalue weighted by Gasteiger charge is 2.24. The molecule has 0 aliphatic rings. The molecule has 0 fully saturated rings. The minimum atomic E-state index is -0.903. The standard InChI is InChI=1S/C14H21NO3/c1-8(2)10-5-6-12(18-4)11(7-10)13(15)9(3)14(16)17/h5-9,13H,15H2,1-4H3,(H,16,17). The Kier molecular flexibility index (Phi) is 4.73. The number of rotatable bonds is 5. The molecule has 0 bridgehead atoms. The molecule has 0 aromatic heterocycles. The van der Waals surface area contributed by atoms with Gasteiger partial charge in [-0.3, -0.25) is 4.79 Å². The van der Waals surface area contributed by atoms with Crippen LogP contribution in [0.2, 0.25) is 0 Å². The van der Waals surface area contributed by atoms with Crippen molar-refractivity contribution in [3.05, 3.63) is 29.3 Å². The van der Waals surface area contributed by atoms with Crippen LogP contribution in [0.3, 0.4) is 0 Å². The molecule has 1 rings (SSSR count). The first-order valence-electron chi connectivity index (χ1n) is 6.04. The van der Waals surface area contributed by atoms with Crippen LogP contribution in [0.4, 0.5) is 0 Å². The maximum absolute atomic E-state index is 11.0. The first-order valence-corrected chi connectivity index (χ1v) is 6.04. The molecular weight excluding hydrogens is 230 g/mol. The molecule has 0 saturated carbocycles. The smallest absolute Gasteiger partial charge is 0.308 e. The highest BCUT2D eigenvalue weighted by Crippen LogP contribution is 2.31. The van der Waals surface area contributed by atoms with Gasteiger partial charge >= 0.3 is 5.97 Å². The van der Waals surface area contributed by atoms with Gasteiger partial charge in [-0.25, -0.2) is 0 Å². The van der Waals surface area contributed by atoms with E-state index >= 15 is 0 Å². The van der Waals surface area contributed by atoms with Crippen molar-refractivity contribution in [1.82, 2.24) is 0 Å². The largest absolute Gasteiger partial charge is 0.496 e. The molecule has 4 nitrogen and oxygen atoms in total. The van der Waals surface area contributed by atoms with Crippen molar-refractivity contribution in [3.8, 4) is 5.75 Å². The van der Waals surface area contributed by atoms with E-state index in [2.05, 4.69) is 13.8 Å². The summed E-state index contributed by atoms with van der Waals surface area (Å²) in [6, 6.07) is 5.19. The summed E-state index contributed by atoms with van der Waals surface area (Å²) in [4.78, 5) is 11.0. The van der Waals surface area contributed by atoms with Crippen molar-refractivity contribution >= 4 is 5.97 Å². The lowest BCUT2D eigenvalue weighted by Crippen LogP contribution is -2.26. The Balaban J connectivity index is 3.19. The summed E-state index contributed by atoms with van der Waals surface area (Å²) in [6.07, 6.45) is 0. The van der Waals surface area contributed by atoms with Gasteiger partial charge in [-0.05, 0) is 17.5 Å². The quantitative estimate of drug-likeness (QED) is 0.843. The minimum absolute atomic E-state index is 0.363. The fraction of sp³-hybridized carbons (Fsp3) is 0.500. The normalized spacial score (nSPS) is 14.3. The van der Waals surface area contributed by atoms with Gasteiger partial charge in [0.25, 0.3) is 0 Å². The zero-order chi connectivity index (χ0) is 13.9. The third-order valence-electron chi connectivity index (χ3n) is 3.21. The van der Waals surface area contributed by atoms with E-state index < -0.39 is 17.9 Å². The number of carboxylic acids is 1. The number of hydrogen-bond donors (Lipinski definition) is 2. The Bertz CT molecular complexity index is 429. The lowest BCUT2D eigenvalue weighted by atomic mass is 9.91. The van der Waals surface area contributed by atoms with E-state index in [1.807, 2.05) is 18.2 Å². The molecule has 2 unspecified atom stereocenters. The van der Waals surface area contributed by atoms with E-state index in [4.69, 9.17) is 15.6 Å². The van der Waals surface area contributed by atoms with E-state index in [-0.39, 0.29) is 0 Å². The molecular formula is C14H21NO3. The molecule has 100 valence electrons. The number of aliphatic carboxylic acids is 1. The maximum atomic E-state index is 11.0. The summed E-state index contributed by atoms with van der Waals surface area (Å²) in [5.74, 6) is -0.553. The number of benzene rings is 1. The second-order valence-corrected chi connectivity index (χ2v) is 4.81. The van der Waals surface area contributed by atoms with E-state index in [1.165, 1.54) is 0 Å². The maximum Gasteiger partial charge on any atom is 0.308 e. The fourth-order valence-corrected chi connectivity index (χ4v) is 1.80. The Morgan fingerprint density at radius 3 is 2.39 bits per heavy atom. The summed E-state index contributed by atoms with van der Waals surface area (Å²) < 4.78 is 5.26. The van der Waals surface area contributed by atoms with Crippen molar-refractivity contribution in [2.75, 3.05) is 7.11 Å².